The number of benzene rings is 1. The van der Waals surface area contributed by atoms with Crippen LogP contribution < -0.4 is 4.74 Å². The maximum absolute atomic E-state index is 10.4. The summed E-state index contributed by atoms with van der Waals surface area (Å²) < 4.78 is 7.01. The minimum atomic E-state index is -0.715. The van der Waals surface area contributed by atoms with Gasteiger partial charge in [-0.3, -0.25) is 0 Å². The van der Waals surface area contributed by atoms with Gasteiger partial charge in [0, 0.05) is 5.56 Å². The minimum Gasteiger partial charge on any atom is -0.495 e. The monoisotopic (exact) mass is 410 g/mol. The zero-order valence-corrected chi connectivity index (χ0v) is 14.0. The fourth-order valence-corrected chi connectivity index (χ4v) is 4.64. The van der Waals surface area contributed by atoms with E-state index in [1.165, 1.54) is 11.3 Å². The SMILES string of the molecule is COc1cc(C(O)c2cc(Br)sc2Br)ccc1Cl. The molecule has 1 N–H and O–H groups in total. The molecular weight excluding hydrogens is 403 g/mol. The average Bonchev–Trinajstić information content (AvgIpc) is 2.68. The van der Waals surface area contributed by atoms with Gasteiger partial charge in [-0.1, -0.05) is 17.7 Å². The molecule has 96 valence electrons. The molecule has 1 heterocycles. The number of ether oxygens (including phenoxy) is 1. The van der Waals surface area contributed by atoms with Crippen molar-refractivity contribution in [3.63, 3.8) is 0 Å². The molecule has 0 aliphatic rings. The van der Waals surface area contributed by atoms with Crippen molar-refractivity contribution in [2.75, 3.05) is 7.11 Å². The summed E-state index contributed by atoms with van der Waals surface area (Å²) in [4.78, 5) is 0. The highest BCUT2D eigenvalue weighted by molar-refractivity contribution is 9.12. The topological polar surface area (TPSA) is 29.5 Å². The van der Waals surface area contributed by atoms with Crippen LogP contribution >= 0.6 is 54.8 Å². The Kier molecular flexibility index (Phi) is 4.72. The van der Waals surface area contributed by atoms with Gasteiger partial charge in [0.1, 0.15) is 11.9 Å². The van der Waals surface area contributed by atoms with Crippen LogP contribution in [-0.4, -0.2) is 12.2 Å². The molecule has 0 aliphatic carbocycles. The quantitative estimate of drug-likeness (QED) is 0.767. The molecule has 0 amide bonds. The molecule has 18 heavy (non-hydrogen) atoms. The summed E-state index contributed by atoms with van der Waals surface area (Å²) >= 11 is 14.3. The van der Waals surface area contributed by atoms with Crippen LogP contribution in [0.4, 0.5) is 0 Å². The molecule has 1 atom stereocenters. The third-order valence-corrected chi connectivity index (χ3v) is 5.17. The van der Waals surface area contributed by atoms with Crippen molar-refractivity contribution < 1.29 is 9.84 Å². The standard InChI is InChI=1S/C12H9Br2ClO2S/c1-17-9-4-6(2-3-8(9)15)11(16)7-5-10(13)18-12(7)14/h2-5,11,16H,1H3. The first-order chi connectivity index (χ1) is 8.52. The summed E-state index contributed by atoms with van der Waals surface area (Å²) in [5.41, 5.74) is 1.55. The number of methoxy groups -OCH3 is 1. The highest BCUT2D eigenvalue weighted by Gasteiger charge is 2.17. The molecule has 0 saturated heterocycles. The number of aliphatic hydroxyl groups is 1. The van der Waals surface area contributed by atoms with Gasteiger partial charge < -0.3 is 9.84 Å². The number of rotatable bonds is 3. The van der Waals surface area contributed by atoms with Crippen molar-refractivity contribution in [2.24, 2.45) is 0 Å². The number of aliphatic hydroxyl groups excluding tert-OH is 1. The van der Waals surface area contributed by atoms with Gasteiger partial charge >= 0.3 is 0 Å². The predicted molar refractivity (Wildman–Crippen MR) is 81.8 cm³/mol. The highest BCUT2D eigenvalue weighted by atomic mass is 79.9. The van der Waals surface area contributed by atoms with E-state index in [0.29, 0.717) is 10.8 Å². The molecule has 0 fully saturated rings. The van der Waals surface area contributed by atoms with E-state index >= 15 is 0 Å². The lowest BCUT2D eigenvalue weighted by atomic mass is 10.0. The average molecular weight is 413 g/mol. The predicted octanol–water partition coefficient (Wildman–Crippen LogP) is 5.02. The second kappa shape index (κ2) is 5.92. The third kappa shape index (κ3) is 2.91. The third-order valence-electron chi connectivity index (χ3n) is 2.47. The van der Waals surface area contributed by atoms with Crippen LogP contribution in [-0.2, 0) is 0 Å². The lowest BCUT2D eigenvalue weighted by Gasteiger charge is -2.12. The Labute approximate surface area is 131 Å². The van der Waals surface area contributed by atoms with Crippen LogP contribution in [0.25, 0.3) is 0 Å². The number of hydrogen-bond acceptors (Lipinski definition) is 3. The summed E-state index contributed by atoms with van der Waals surface area (Å²) in [6.07, 6.45) is -0.715. The van der Waals surface area contributed by atoms with Gasteiger partial charge in [0.05, 0.1) is 19.7 Å². The second-order valence-electron chi connectivity index (χ2n) is 3.58. The normalized spacial score (nSPS) is 12.5. The first kappa shape index (κ1) is 14.3. The molecule has 1 aromatic carbocycles. The van der Waals surface area contributed by atoms with Gasteiger partial charge in [0.15, 0.2) is 0 Å². The molecular formula is C12H9Br2ClO2S. The molecule has 0 saturated carbocycles. The fourth-order valence-electron chi connectivity index (χ4n) is 1.57. The highest BCUT2D eigenvalue weighted by Crippen LogP contribution is 2.39. The smallest absolute Gasteiger partial charge is 0.137 e. The van der Waals surface area contributed by atoms with Crippen LogP contribution in [0.3, 0.4) is 0 Å². The Bertz CT molecular complexity index is 571. The maximum atomic E-state index is 10.4. The molecule has 2 aromatic rings. The summed E-state index contributed by atoms with van der Waals surface area (Å²) in [6.45, 7) is 0. The minimum absolute atomic E-state index is 0.527. The van der Waals surface area contributed by atoms with Crippen molar-refractivity contribution in [1.29, 1.82) is 0 Å². The summed E-state index contributed by atoms with van der Waals surface area (Å²) in [5, 5.41) is 10.9. The van der Waals surface area contributed by atoms with Crippen LogP contribution in [0.15, 0.2) is 31.8 Å². The fraction of sp³-hybridized carbons (Fsp3) is 0.167. The first-order valence-corrected chi connectivity index (χ1v) is 7.77. The van der Waals surface area contributed by atoms with Crippen LogP contribution in [0.5, 0.6) is 5.75 Å². The van der Waals surface area contributed by atoms with Crippen molar-refractivity contribution in [3.8, 4) is 5.75 Å². The van der Waals surface area contributed by atoms with Gasteiger partial charge in [-0.2, -0.15) is 0 Å². The van der Waals surface area contributed by atoms with Gasteiger partial charge in [0.25, 0.3) is 0 Å². The first-order valence-electron chi connectivity index (χ1n) is 4.99. The Hall–Kier alpha value is -0.0700. The molecule has 0 spiro atoms. The van der Waals surface area contributed by atoms with Crippen molar-refractivity contribution in [1.82, 2.24) is 0 Å². The van der Waals surface area contributed by atoms with Crippen LogP contribution in [0, 0.1) is 0 Å². The van der Waals surface area contributed by atoms with E-state index in [2.05, 4.69) is 31.9 Å². The molecule has 2 nitrogen and oxygen atoms in total. The van der Waals surface area contributed by atoms with E-state index < -0.39 is 6.10 Å². The lowest BCUT2D eigenvalue weighted by Crippen LogP contribution is -1.99. The van der Waals surface area contributed by atoms with Crippen molar-refractivity contribution >= 4 is 54.8 Å². The molecule has 1 unspecified atom stereocenters. The molecule has 1 aromatic heterocycles. The van der Waals surface area contributed by atoms with Crippen molar-refractivity contribution in [2.45, 2.75) is 6.10 Å². The van der Waals surface area contributed by atoms with Gasteiger partial charge in [-0.25, -0.2) is 0 Å². The number of halogens is 3. The van der Waals surface area contributed by atoms with E-state index in [0.717, 1.165) is 18.7 Å². The zero-order chi connectivity index (χ0) is 13.3. The van der Waals surface area contributed by atoms with E-state index in [1.54, 1.807) is 25.3 Å². The van der Waals surface area contributed by atoms with Crippen LogP contribution in [0.2, 0.25) is 5.02 Å². The molecule has 0 bridgehead atoms. The molecule has 0 radical (unpaired) electrons. The second-order valence-corrected chi connectivity index (χ2v) is 7.73. The summed E-state index contributed by atoms with van der Waals surface area (Å²) in [7, 11) is 1.55. The molecule has 2 rings (SSSR count). The number of thiophene rings is 1. The summed E-state index contributed by atoms with van der Waals surface area (Å²) in [5.74, 6) is 0.554. The zero-order valence-electron chi connectivity index (χ0n) is 9.28. The van der Waals surface area contributed by atoms with Crippen LogP contribution in [0.1, 0.15) is 17.2 Å². The van der Waals surface area contributed by atoms with Gasteiger partial charge in [0.2, 0.25) is 0 Å². The lowest BCUT2D eigenvalue weighted by molar-refractivity contribution is 0.219. The van der Waals surface area contributed by atoms with Gasteiger partial charge in [-0.15, -0.1) is 11.3 Å². The van der Waals surface area contributed by atoms with E-state index in [1.807, 2.05) is 6.07 Å². The Morgan fingerprint density at radius 1 is 1.33 bits per heavy atom. The summed E-state index contributed by atoms with van der Waals surface area (Å²) in [6, 6.07) is 7.13. The van der Waals surface area contributed by atoms with E-state index in [9.17, 15) is 5.11 Å². The van der Waals surface area contributed by atoms with Crippen molar-refractivity contribution in [3.05, 3.63) is 48.0 Å². The largest absolute Gasteiger partial charge is 0.495 e. The van der Waals surface area contributed by atoms with E-state index in [4.69, 9.17) is 16.3 Å². The Balaban J connectivity index is 2.39. The maximum Gasteiger partial charge on any atom is 0.137 e. The molecule has 0 aliphatic heterocycles. The van der Waals surface area contributed by atoms with E-state index in [-0.39, 0.29) is 0 Å². The van der Waals surface area contributed by atoms with Gasteiger partial charge in [-0.05, 0) is 55.6 Å². The molecule has 6 heteroatoms. The Morgan fingerprint density at radius 2 is 2.06 bits per heavy atom. The number of hydrogen-bond donors (Lipinski definition) is 1. The Morgan fingerprint density at radius 3 is 2.61 bits per heavy atom.